The van der Waals surface area contributed by atoms with Gasteiger partial charge in [-0.15, -0.1) is 0 Å². The molecule has 0 aliphatic heterocycles. The van der Waals surface area contributed by atoms with E-state index in [4.69, 9.17) is 9.47 Å². The molecule has 188 valence electrons. The van der Waals surface area contributed by atoms with Crippen molar-refractivity contribution in [3.8, 4) is 5.75 Å². The summed E-state index contributed by atoms with van der Waals surface area (Å²) in [5.41, 5.74) is 2.24. The Morgan fingerprint density at radius 2 is 1.42 bits per heavy atom. The number of hydrogen-bond donors (Lipinski definition) is 3. The zero-order valence-corrected chi connectivity index (χ0v) is 22.1. The van der Waals surface area contributed by atoms with Crippen molar-refractivity contribution in [3.05, 3.63) is 87.9 Å². The lowest BCUT2D eigenvalue weighted by Gasteiger charge is -2.19. The smallest absolute Gasteiger partial charge is 0.407 e. The van der Waals surface area contributed by atoms with Crippen LogP contribution in [0.4, 0.5) is 16.2 Å². The number of anilines is 2. The fourth-order valence-corrected chi connectivity index (χ4v) is 3.47. The van der Waals surface area contributed by atoms with E-state index in [0.29, 0.717) is 34.8 Å². The molecular weight excluding hydrogens is 526 g/mol. The molecule has 3 rings (SSSR count). The molecule has 3 aromatic carbocycles. The lowest BCUT2D eigenvalue weighted by Crippen LogP contribution is -2.32. The SMILES string of the molecule is COc1cc(Br)ccc1NC(=O)c1ccc(C(=O)Nc2ccc(CNC(=O)OC(C)(C)C)cc2)cc1. The van der Waals surface area contributed by atoms with Crippen LogP contribution in [0.2, 0.25) is 0 Å². The lowest BCUT2D eigenvalue weighted by atomic mass is 10.1. The van der Waals surface area contributed by atoms with Crippen molar-refractivity contribution in [3.63, 3.8) is 0 Å². The largest absolute Gasteiger partial charge is 0.495 e. The number of alkyl carbamates (subject to hydrolysis) is 1. The Morgan fingerprint density at radius 1 is 0.833 bits per heavy atom. The molecule has 0 aliphatic rings. The van der Waals surface area contributed by atoms with Crippen LogP contribution in [0.3, 0.4) is 0 Å². The molecule has 0 saturated carbocycles. The molecule has 3 N–H and O–H groups in total. The minimum absolute atomic E-state index is 0.304. The predicted molar refractivity (Wildman–Crippen MR) is 143 cm³/mol. The lowest BCUT2D eigenvalue weighted by molar-refractivity contribution is 0.0523. The molecule has 0 aromatic heterocycles. The standard InChI is InChI=1S/C27H28BrN3O5/c1-27(2,3)36-26(34)29-16-17-5-12-21(13-6-17)30-24(32)18-7-9-19(10-8-18)25(33)31-22-14-11-20(28)15-23(22)35-4/h5-15H,16H2,1-4H3,(H,29,34)(H,30,32)(H,31,33). The summed E-state index contributed by atoms with van der Waals surface area (Å²) in [6, 6.07) is 18.7. The summed E-state index contributed by atoms with van der Waals surface area (Å²) in [7, 11) is 1.53. The summed E-state index contributed by atoms with van der Waals surface area (Å²) in [5.74, 6) is -0.102. The molecule has 0 atom stereocenters. The molecule has 0 radical (unpaired) electrons. The molecule has 0 aliphatic carbocycles. The van der Waals surface area contributed by atoms with Gasteiger partial charge in [0.05, 0.1) is 12.8 Å². The molecule has 0 fully saturated rings. The van der Waals surface area contributed by atoms with Crippen LogP contribution >= 0.6 is 15.9 Å². The number of ether oxygens (including phenoxy) is 2. The quantitative estimate of drug-likeness (QED) is 0.333. The van der Waals surface area contributed by atoms with Gasteiger partial charge < -0.3 is 25.4 Å². The molecule has 0 heterocycles. The van der Waals surface area contributed by atoms with Crippen molar-refractivity contribution in [1.29, 1.82) is 0 Å². The minimum atomic E-state index is -0.562. The number of carbonyl (C=O) groups excluding carboxylic acids is 3. The van der Waals surface area contributed by atoms with Crippen molar-refractivity contribution < 1.29 is 23.9 Å². The van der Waals surface area contributed by atoms with Crippen molar-refractivity contribution in [2.24, 2.45) is 0 Å². The van der Waals surface area contributed by atoms with Gasteiger partial charge in [-0.2, -0.15) is 0 Å². The van der Waals surface area contributed by atoms with E-state index in [2.05, 4.69) is 31.9 Å². The molecule has 0 spiro atoms. The Bertz CT molecular complexity index is 1240. The van der Waals surface area contributed by atoms with E-state index in [0.717, 1.165) is 10.0 Å². The third-order valence-electron chi connectivity index (χ3n) is 4.87. The number of carbonyl (C=O) groups is 3. The molecule has 3 amide bonds. The first-order valence-electron chi connectivity index (χ1n) is 11.2. The molecule has 0 bridgehead atoms. The predicted octanol–water partition coefficient (Wildman–Crippen LogP) is 5.99. The van der Waals surface area contributed by atoms with Crippen LogP contribution in [-0.4, -0.2) is 30.6 Å². The van der Waals surface area contributed by atoms with Gasteiger partial charge in [0.2, 0.25) is 0 Å². The Balaban J connectivity index is 1.55. The molecule has 0 saturated heterocycles. The van der Waals surface area contributed by atoms with Crippen LogP contribution in [0, 0.1) is 0 Å². The highest BCUT2D eigenvalue weighted by Gasteiger charge is 2.16. The zero-order valence-electron chi connectivity index (χ0n) is 20.5. The maximum Gasteiger partial charge on any atom is 0.407 e. The monoisotopic (exact) mass is 553 g/mol. The summed E-state index contributed by atoms with van der Waals surface area (Å²) in [6.45, 7) is 5.70. The molecule has 3 aromatic rings. The van der Waals surface area contributed by atoms with E-state index in [-0.39, 0.29) is 11.8 Å². The number of methoxy groups -OCH3 is 1. The summed E-state index contributed by atoms with van der Waals surface area (Å²) in [5, 5.41) is 8.32. The minimum Gasteiger partial charge on any atom is -0.495 e. The number of benzene rings is 3. The second kappa shape index (κ2) is 11.7. The molecule has 36 heavy (non-hydrogen) atoms. The van der Waals surface area contributed by atoms with Crippen LogP contribution in [0.25, 0.3) is 0 Å². The van der Waals surface area contributed by atoms with E-state index >= 15 is 0 Å². The van der Waals surface area contributed by atoms with Gasteiger partial charge in [-0.3, -0.25) is 9.59 Å². The summed E-state index contributed by atoms with van der Waals surface area (Å²) in [6.07, 6.45) is -0.493. The van der Waals surface area contributed by atoms with Crippen molar-refractivity contribution in [2.75, 3.05) is 17.7 Å². The highest BCUT2D eigenvalue weighted by Crippen LogP contribution is 2.28. The van der Waals surface area contributed by atoms with Crippen molar-refractivity contribution in [1.82, 2.24) is 5.32 Å². The second-order valence-electron chi connectivity index (χ2n) is 8.88. The highest BCUT2D eigenvalue weighted by molar-refractivity contribution is 9.10. The summed E-state index contributed by atoms with van der Waals surface area (Å²) < 4.78 is 11.3. The van der Waals surface area contributed by atoms with Gasteiger partial charge in [-0.05, 0) is 80.9 Å². The maximum atomic E-state index is 12.6. The number of halogens is 1. The van der Waals surface area contributed by atoms with Gasteiger partial charge in [0, 0.05) is 27.8 Å². The van der Waals surface area contributed by atoms with Gasteiger partial charge in [-0.25, -0.2) is 4.79 Å². The van der Waals surface area contributed by atoms with E-state index in [1.165, 1.54) is 7.11 Å². The van der Waals surface area contributed by atoms with Gasteiger partial charge in [-0.1, -0.05) is 28.1 Å². The van der Waals surface area contributed by atoms with E-state index < -0.39 is 11.7 Å². The van der Waals surface area contributed by atoms with E-state index in [1.807, 2.05) is 0 Å². The van der Waals surface area contributed by atoms with Crippen LogP contribution in [0.5, 0.6) is 5.75 Å². The van der Waals surface area contributed by atoms with Gasteiger partial charge >= 0.3 is 6.09 Å². The average Bonchev–Trinajstić information content (AvgIpc) is 2.83. The number of nitrogens with one attached hydrogen (secondary N) is 3. The first-order chi connectivity index (χ1) is 17.0. The highest BCUT2D eigenvalue weighted by atomic mass is 79.9. The molecular formula is C27H28BrN3O5. The average molecular weight is 554 g/mol. The Morgan fingerprint density at radius 3 is 1.97 bits per heavy atom. The van der Waals surface area contributed by atoms with Crippen LogP contribution in [0.1, 0.15) is 47.1 Å². The second-order valence-corrected chi connectivity index (χ2v) is 9.80. The number of rotatable bonds is 7. The van der Waals surface area contributed by atoms with E-state index in [9.17, 15) is 14.4 Å². The third kappa shape index (κ3) is 7.84. The maximum absolute atomic E-state index is 12.6. The molecule has 9 heteroatoms. The molecule has 8 nitrogen and oxygen atoms in total. The first-order valence-corrected chi connectivity index (χ1v) is 12.0. The third-order valence-corrected chi connectivity index (χ3v) is 5.36. The van der Waals surface area contributed by atoms with Gasteiger partial charge in [0.25, 0.3) is 11.8 Å². The molecule has 0 unspecified atom stereocenters. The Kier molecular flexibility index (Phi) is 8.71. The van der Waals surface area contributed by atoms with Crippen molar-refractivity contribution >= 4 is 45.2 Å². The van der Waals surface area contributed by atoms with E-state index in [1.54, 1.807) is 87.5 Å². The summed E-state index contributed by atoms with van der Waals surface area (Å²) >= 11 is 3.37. The van der Waals surface area contributed by atoms with Gasteiger partial charge in [0.15, 0.2) is 0 Å². The fourth-order valence-electron chi connectivity index (χ4n) is 3.13. The Labute approximate surface area is 218 Å². The number of amides is 3. The topological polar surface area (TPSA) is 106 Å². The van der Waals surface area contributed by atoms with Gasteiger partial charge in [0.1, 0.15) is 11.4 Å². The summed E-state index contributed by atoms with van der Waals surface area (Å²) in [4.78, 5) is 37.0. The zero-order chi connectivity index (χ0) is 26.3. The Hall–Kier alpha value is -3.85. The first kappa shape index (κ1) is 26.7. The fraction of sp³-hybridized carbons (Fsp3) is 0.222. The normalized spacial score (nSPS) is 10.8. The number of hydrogen-bond acceptors (Lipinski definition) is 5. The van der Waals surface area contributed by atoms with Crippen LogP contribution < -0.4 is 20.7 Å². The van der Waals surface area contributed by atoms with Crippen LogP contribution in [-0.2, 0) is 11.3 Å². The van der Waals surface area contributed by atoms with Crippen LogP contribution in [0.15, 0.2) is 71.2 Å². The van der Waals surface area contributed by atoms with Crippen molar-refractivity contribution in [2.45, 2.75) is 32.9 Å².